The third-order valence-corrected chi connectivity index (χ3v) is 5.68. The molecule has 0 saturated carbocycles. The van der Waals surface area contributed by atoms with E-state index in [1.165, 1.54) is 4.31 Å². The van der Waals surface area contributed by atoms with E-state index in [1.54, 1.807) is 6.92 Å². The molecule has 0 aliphatic carbocycles. The molecule has 1 aromatic rings. The van der Waals surface area contributed by atoms with Gasteiger partial charge in [0.2, 0.25) is 10.0 Å². The van der Waals surface area contributed by atoms with Crippen LogP contribution in [0, 0.1) is 17.6 Å². The summed E-state index contributed by atoms with van der Waals surface area (Å²) in [6.45, 7) is 4.18. The van der Waals surface area contributed by atoms with Crippen LogP contribution in [0.4, 0.5) is 8.78 Å². The van der Waals surface area contributed by atoms with E-state index in [9.17, 15) is 17.2 Å². The molecule has 0 amide bonds. The quantitative estimate of drug-likeness (QED) is 0.903. The summed E-state index contributed by atoms with van der Waals surface area (Å²) in [6.07, 6.45) is 1.99. The second-order valence-corrected chi connectivity index (χ2v) is 7.18. The Morgan fingerprint density at radius 1 is 1.33 bits per heavy atom. The number of nitrogens with zero attached hydrogens (tertiary/aromatic N) is 1. The van der Waals surface area contributed by atoms with Gasteiger partial charge in [0.25, 0.3) is 0 Å². The zero-order chi connectivity index (χ0) is 15.5. The van der Waals surface area contributed by atoms with Gasteiger partial charge in [0.05, 0.1) is 4.90 Å². The molecule has 118 valence electrons. The first kappa shape index (κ1) is 16.3. The lowest BCUT2D eigenvalue weighted by Gasteiger charge is -2.28. The van der Waals surface area contributed by atoms with Gasteiger partial charge < -0.3 is 5.32 Å². The molecule has 1 N–H and O–H groups in total. The molecular weight excluding hydrogens is 298 g/mol. The Morgan fingerprint density at radius 2 is 2.10 bits per heavy atom. The average molecular weight is 318 g/mol. The first-order valence-corrected chi connectivity index (χ1v) is 8.55. The maximum Gasteiger partial charge on any atom is 0.243 e. The van der Waals surface area contributed by atoms with E-state index in [0.717, 1.165) is 44.1 Å². The maximum absolute atomic E-state index is 13.3. The molecule has 0 spiro atoms. The lowest BCUT2D eigenvalue weighted by molar-refractivity contribution is 0.297. The lowest BCUT2D eigenvalue weighted by Crippen LogP contribution is -2.41. The van der Waals surface area contributed by atoms with Gasteiger partial charge in [0.1, 0.15) is 0 Å². The van der Waals surface area contributed by atoms with Crippen LogP contribution in [0.2, 0.25) is 0 Å². The maximum atomic E-state index is 13.3. The molecule has 2 rings (SSSR count). The first-order valence-electron chi connectivity index (χ1n) is 7.11. The molecule has 4 nitrogen and oxygen atoms in total. The monoisotopic (exact) mass is 318 g/mol. The van der Waals surface area contributed by atoms with Crippen LogP contribution in [-0.2, 0) is 10.0 Å². The number of sulfonamides is 1. The zero-order valence-electron chi connectivity index (χ0n) is 12.0. The van der Waals surface area contributed by atoms with E-state index >= 15 is 0 Å². The fraction of sp³-hybridized carbons (Fsp3) is 0.571. The van der Waals surface area contributed by atoms with Crippen LogP contribution >= 0.6 is 0 Å². The fourth-order valence-corrected chi connectivity index (χ4v) is 4.09. The summed E-state index contributed by atoms with van der Waals surface area (Å²) in [6, 6.07) is 2.69. The van der Waals surface area contributed by atoms with Crippen LogP contribution in [-0.4, -0.2) is 38.9 Å². The Labute approximate surface area is 124 Å². The fourth-order valence-electron chi connectivity index (χ4n) is 2.55. The zero-order valence-corrected chi connectivity index (χ0v) is 12.8. The third-order valence-electron chi connectivity index (χ3n) is 3.74. The molecule has 1 saturated heterocycles. The first-order chi connectivity index (χ1) is 9.95. The highest BCUT2D eigenvalue weighted by Gasteiger charge is 2.27. The summed E-state index contributed by atoms with van der Waals surface area (Å²) < 4.78 is 52.6. The Kier molecular flexibility index (Phi) is 5.29. The van der Waals surface area contributed by atoms with Gasteiger partial charge in [0, 0.05) is 13.1 Å². The molecule has 1 aliphatic rings. The van der Waals surface area contributed by atoms with Crippen LogP contribution in [0.3, 0.4) is 0 Å². The van der Waals surface area contributed by atoms with Gasteiger partial charge in [-0.05, 0) is 50.0 Å². The molecule has 1 unspecified atom stereocenters. The molecule has 1 aromatic carbocycles. The second-order valence-electron chi connectivity index (χ2n) is 5.24. The van der Waals surface area contributed by atoms with E-state index in [2.05, 4.69) is 5.32 Å². The van der Waals surface area contributed by atoms with Crippen LogP contribution in [0.5, 0.6) is 0 Å². The van der Waals surface area contributed by atoms with Crippen molar-refractivity contribution in [3.8, 4) is 0 Å². The standard InChI is InChI=1S/C14H20F2N2O2S/c1-2-18(10-11-4-3-7-17-9-11)21(19,20)12-5-6-13(15)14(16)8-12/h5-6,8,11,17H,2-4,7,9-10H2,1H3. The van der Waals surface area contributed by atoms with Gasteiger partial charge in [-0.15, -0.1) is 0 Å². The molecule has 1 aliphatic heterocycles. The highest BCUT2D eigenvalue weighted by Crippen LogP contribution is 2.21. The molecule has 0 bridgehead atoms. The number of hydrogen-bond acceptors (Lipinski definition) is 3. The number of benzene rings is 1. The minimum atomic E-state index is -3.79. The second kappa shape index (κ2) is 6.81. The van der Waals surface area contributed by atoms with E-state index in [-0.39, 0.29) is 10.8 Å². The topological polar surface area (TPSA) is 49.4 Å². The van der Waals surface area contributed by atoms with Crippen molar-refractivity contribution in [2.45, 2.75) is 24.7 Å². The lowest BCUT2D eigenvalue weighted by atomic mass is 10.00. The number of piperidine rings is 1. The molecule has 1 fully saturated rings. The minimum Gasteiger partial charge on any atom is -0.316 e. The highest BCUT2D eigenvalue weighted by atomic mass is 32.2. The van der Waals surface area contributed by atoms with Crippen molar-refractivity contribution in [3.63, 3.8) is 0 Å². The SMILES string of the molecule is CCN(CC1CCCNC1)S(=O)(=O)c1ccc(F)c(F)c1. The van der Waals surface area contributed by atoms with Crippen molar-refractivity contribution in [2.24, 2.45) is 5.92 Å². The van der Waals surface area contributed by atoms with Gasteiger partial charge in [-0.1, -0.05) is 6.92 Å². The smallest absolute Gasteiger partial charge is 0.243 e. The van der Waals surface area contributed by atoms with E-state index in [0.29, 0.717) is 13.1 Å². The highest BCUT2D eigenvalue weighted by molar-refractivity contribution is 7.89. The molecular formula is C14H20F2N2O2S. The van der Waals surface area contributed by atoms with Gasteiger partial charge in [-0.3, -0.25) is 0 Å². The summed E-state index contributed by atoms with van der Waals surface area (Å²) in [7, 11) is -3.79. The van der Waals surface area contributed by atoms with Crippen molar-refractivity contribution in [1.82, 2.24) is 9.62 Å². The third kappa shape index (κ3) is 3.78. The molecule has 0 aromatic heterocycles. The van der Waals surface area contributed by atoms with Gasteiger partial charge in [-0.2, -0.15) is 4.31 Å². The molecule has 1 atom stereocenters. The summed E-state index contributed by atoms with van der Waals surface area (Å²) in [5.41, 5.74) is 0. The molecule has 1 heterocycles. The number of halogens is 2. The predicted molar refractivity (Wildman–Crippen MR) is 76.4 cm³/mol. The number of nitrogens with one attached hydrogen (secondary N) is 1. The summed E-state index contributed by atoms with van der Waals surface area (Å²) in [5, 5.41) is 3.24. The summed E-state index contributed by atoms with van der Waals surface area (Å²) >= 11 is 0. The van der Waals surface area contributed by atoms with E-state index < -0.39 is 21.7 Å². The molecule has 7 heteroatoms. The molecule has 0 radical (unpaired) electrons. The predicted octanol–water partition coefficient (Wildman–Crippen LogP) is 1.97. The van der Waals surface area contributed by atoms with Crippen molar-refractivity contribution >= 4 is 10.0 Å². The van der Waals surface area contributed by atoms with Crippen LogP contribution in [0.15, 0.2) is 23.1 Å². The van der Waals surface area contributed by atoms with Crippen LogP contribution in [0.25, 0.3) is 0 Å². The normalized spacial score (nSPS) is 19.9. The van der Waals surface area contributed by atoms with Crippen molar-refractivity contribution < 1.29 is 17.2 Å². The Morgan fingerprint density at radius 3 is 2.67 bits per heavy atom. The van der Waals surface area contributed by atoms with E-state index in [4.69, 9.17) is 0 Å². The largest absolute Gasteiger partial charge is 0.316 e. The van der Waals surface area contributed by atoms with Crippen LogP contribution < -0.4 is 5.32 Å². The van der Waals surface area contributed by atoms with Crippen molar-refractivity contribution in [2.75, 3.05) is 26.2 Å². The number of rotatable bonds is 5. The Bertz CT molecular complexity index is 587. The van der Waals surface area contributed by atoms with Crippen LogP contribution in [0.1, 0.15) is 19.8 Å². The van der Waals surface area contributed by atoms with Gasteiger partial charge >= 0.3 is 0 Å². The van der Waals surface area contributed by atoms with Gasteiger partial charge in [-0.25, -0.2) is 17.2 Å². The van der Waals surface area contributed by atoms with Gasteiger partial charge in [0.15, 0.2) is 11.6 Å². The average Bonchev–Trinajstić information content (AvgIpc) is 2.48. The van der Waals surface area contributed by atoms with Crippen molar-refractivity contribution in [1.29, 1.82) is 0 Å². The summed E-state index contributed by atoms with van der Waals surface area (Å²) in [5.74, 6) is -1.95. The van der Waals surface area contributed by atoms with E-state index in [1.807, 2.05) is 0 Å². The van der Waals surface area contributed by atoms with Crippen molar-refractivity contribution in [3.05, 3.63) is 29.8 Å². The molecule has 21 heavy (non-hydrogen) atoms. The number of hydrogen-bond donors (Lipinski definition) is 1. The summed E-state index contributed by atoms with van der Waals surface area (Å²) in [4.78, 5) is -0.202. The Hall–Kier alpha value is -1.05. The minimum absolute atomic E-state index is 0.202. The Balaban J connectivity index is 2.19.